The Morgan fingerprint density at radius 3 is 3.00 bits per heavy atom. The fourth-order valence-corrected chi connectivity index (χ4v) is 0.509. The predicted octanol–water partition coefficient (Wildman–Crippen LogP) is -0.170. The number of alkyl halides is 1. The number of halogens is 1. The van der Waals surface area contributed by atoms with Gasteiger partial charge in [0.05, 0.1) is 12.7 Å². The molecule has 0 unspecified atom stereocenters. The smallest absolute Gasteiger partial charge is 0.165 e. The number of rotatable bonds is 2. The van der Waals surface area contributed by atoms with E-state index < -0.39 is 6.67 Å². The SMILES string of the molecule is Nc1cn(CCF)nn1. The summed E-state index contributed by atoms with van der Waals surface area (Å²) in [6, 6.07) is 0. The number of hydrogen-bond donors (Lipinski definition) is 1. The standard InChI is InChI=1S/C4H7FN4/c5-1-2-9-3-4(6)7-8-9/h3H,1-2,6H2. The van der Waals surface area contributed by atoms with E-state index in [0.29, 0.717) is 5.82 Å². The maximum atomic E-state index is 11.6. The third kappa shape index (κ3) is 1.38. The van der Waals surface area contributed by atoms with Gasteiger partial charge in [-0.2, -0.15) is 0 Å². The molecule has 1 rings (SSSR count). The second kappa shape index (κ2) is 2.43. The number of nitrogens with zero attached hydrogens (tertiary/aromatic N) is 3. The molecule has 0 amide bonds. The Kier molecular flexibility index (Phi) is 1.62. The van der Waals surface area contributed by atoms with Gasteiger partial charge in [0.1, 0.15) is 6.67 Å². The van der Waals surface area contributed by atoms with Crippen LogP contribution in [0.5, 0.6) is 0 Å². The van der Waals surface area contributed by atoms with E-state index in [9.17, 15) is 4.39 Å². The van der Waals surface area contributed by atoms with E-state index in [-0.39, 0.29) is 6.54 Å². The van der Waals surface area contributed by atoms with Crippen LogP contribution in [0, 0.1) is 0 Å². The lowest BCUT2D eigenvalue weighted by molar-refractivity contribution is 0.422. The van der Waals surface area contributed by atoms with Gasteiger partial charge in [-0.15, -0.1) is 5.10 Å². The molecule has 1 aromatic heterocycles. The lowest BCUT2D eigenvalue weighted by Gasteiger charge is -1.89. The van der Waals surface area contributed by atoms with Crippen molar-refractivity contribution in [2.45, 2.75) is 6.54 Å². The molecule has 0 fully saturated rings. The summed E-state index contributed by atoms with van der Waals surface area (Å²) in [6.07, 6.45) is 1.49. The van der Waals surface area contributed by atoms with Crippen molar-refractivity contribution in [1.82, 2.24) is 15.0 Å². The van der Waals surface area contributed by atoms with Crippen molar-refractivity contribution in [2.75, 3.05) is 12.4 Å². The Morgan fingerprint density at radius 2 is 2.56 bits per heavy atom. The maximum absolute atomic E-state index is 11.6. The molecule has 0 aromatic carbocycles. The Morgan fingerprint density at radius 1 is 1.78 bits per heavy atom. The molecule has 0 saturated carbocycles. The molecule has 0 saturated heterocycles. The predicted molar refractivity (Wildman–Crippen MR) is 30.4 cm³/mol. The Bertz CT molecular complexity index is 184. The molecule has 5 heteroatoms. The summed E-state index contributed by atoms with van der Waals surface area (Å²) >= 11 is 0. The summed E-state index contributed by atoms with van der Waals surface area (Å²) in [6.45, 7) is -0.215. The van der Waals surface area contributed by atoms with Crippen molar-refractivity contribution in [1.29, 1.82) is 0 Å². The van der Waals surface area contributed by atoms with Gasteiger partial charge in [-0.1, -0.05) is 5.21 Å². The number of nitrogen functional groups attached to an aromatic ring is 1. The van der Waals surface area contributed by atoms with Gasteiger partial charge in [0, 0.05) is 0 Å². The fraction of sp³-hybridized carbons (Fsp3) is 0.500. The molecular weight excluding hydrogens is 123 g/mol. The zero-order valence-electron chi connectivity index (χ0n) is 4.79. The van der Waals surface area contributed by atoms with E-state index in [4.69, 9.17) is 5.73 Å². The summed E-state index contributed by atoms with van der Waals surface area (Å²) in [5.41, 5.74) is 5.19. The van der Waals surface area contributed by atoms with Crippen molar-refractivity contribution >= 4 is 5.82 Å². The first kappa shape index (κ1) is 6.00. The van der Waals surface area contributed by atoms with E-state index in [1.165, 1.54) is 10.9 Å². The number of hydrogen-bond acceptors (Lipinski definition) is 3. The van der Waals surface area contributed by atoms with Crippen molar-refractivity contribution < 1.29 is 4.39 Å². The van der Waals surface area contributed by atoms with E-state index in [1.807, 2.05) is 0 Å². The summed E-state index contributed by atoms with van der Waals surface area (Å²) < 4.78 is 12.9. The van der Waals surface area contributed by atoms with E-state index >= 15 is 0 Å². The van der Waals surface area contributed by atoms with Gasteiger partial charge in [0.15, 0.2) is 5.82 Å². The first-order valence-corrected chi connectivity index (χ1v) is 2.54. The summed E-state index contributed by atoms with van der Waals surface area (Å²) in [7, 11) is 0. The van der Waals surface area contributed by atoms with Gasteiger partial charge in [-0.3, -0.25) is 0 Å². The van der Waals surface area contributed by atoms with E-state index in [1.54, 1.807) is 0 Å². The molecule has 50 valence electrons. The van der Waals surface area contributed by atoms with Gasteiger partial charge in [0.25, 0.3) is 0 Å². The van der Waals surface area contributed by atoms with Crippen LogP contribution in [0.1, 0.15) is 0 Å². The highest BCUT2D eigenvalue weighted by molar-refractivity contribution is 5.19. The minimum atomic E-state index is -0.442. The van der Waals surface area contributed by atoms with Crippen LogP contribution in [0.15, 0.2) is 6.20 Å². The van der Waals surface area contributed by atoms with Crippen LogP contribution in [0.3, 0.4) is 0 Å². The largest absolute Gasteiger partial charge is 0.381 e. The van der Waals surface area contributed by atoms with Gasteiger partial charge in [-0.25, -0.2) is 9.07 Å². The molecule has 9 heavy (non-hydrogen) atoms. The first-order valence-electron chi connectivity index (χ1n) is 2.54. The van der Waals surface area contributed by atoms with Gasteiger partial charge in [-0.05, 0) is 0 Å². The zero-order valence-corrected chi connectivity index (χ0v) is 4.79. The third-order valence-electron chi connectivity index (χ3n) is 0.870. The molecule has 1 heterocycles. The molecule has 0 aliphatic rings. The minimum absolute atomic E-state index is 0.226. The third-order valence-corrected chi connectivity index (χ3v) is 0.870. The summed E-state index contributed by atoms with van der Waals surface area (Å²) in [4.78, 5) is 0. The van der Waals surface area contributed by atoms with Gasteiger partial charge < -0.3 is 5.73 Å². The Balaban J connectivity index is 2.61. The van der Waals surface area contributed by atoms with Gasteiger partial charge in [0.2, 0.25) is 0 Å². The number of nitrogens with two attached hydrogens (primary N) is 1. The molecule has 0 aliphatic heterocycles. The average molecular weight is 130 g/mol. The quantitative estimate of drug-likeness (QED) is 0.604. The summed E-state index contributed by atoms with van der Waals surface area (Å²) in [5, 5.41) is 6.97. The van der Waals surface area contributed by atoms with Crippen molar-refractivity contribution in [3.05, 3.63) is 6.20 Å². The Hall–Kier alpha value is -1.13. The summed E-state index contributed by atoms with van der Waals surface area (Å²) in [5.74, 6) is 0.323. The lowest BCUT2D eigenvalue weighted by atomic mass is 10.7. The minimum Gasteiger partial charge on any atom is -0.381 e. The molecule has 0 bridgehead atoms. The zero-order chi connectivity index (χ0) is 6.69. The highest BCUT2D eigenvalue weighted by Crippen LogP contribution is 1.91. The molecule has 1 aromatic rings. The highest BCUT2D eigenvalue weighted by atomic mass is 19.1. The molecule has 0 radical (unpaired) electrons. The van der Waals surface area contributed by atoms with E-state index in [0.717, 1.165) is 0 Å². The Labute approximate surface area is 51.5 Å². The number of anilines is 1. The van der Waals surface area contributed by atoms with Crippen LogP contribution in [0.25, 0.3) is 0 Å². The molecule has 0 spiro atoms. The second-order valence-corrected chi connectivity index (χ2v) is 1.60. The number of aromatic nitrogens is 3. The first-order chi connectivity index (χ1) is 4.33. The van der Waals surface area contributed by atoms with Crippen LogP contribution in [-0.2, 0) is 6.54 Å². The number of aryl methyl sites for hydroxylation is 1. The van der Waals surface area contributed by atoms with Crippen LogP contribution in [0.4, 0.5) is 10.2 Å². The second-order valence-electron chi connectivity index (χ2n) is 1.60. The average Bonchev–Trinajstić information content (AvgIpc) is 2.17. The molecular formula is C4H7FN4. The molecule has 0 aliphatic carbocycles. The van der Waals surface area contributed by atoms with Crippen LogP contribution in [-0.4, -0.2) is 21.7 Å². The lowest BCUT2D eigenvalue weighted by Crippen LogP contribution is -1.99. The maximum Gasteiger partial charge on any atom is 0.165 e. The van der Waals surface area contributed by atoms with Crippen LogP contribution < -0.4 is 5.73 Å². The van der Waals surface area contributed by atoms with Crippen molar-refractivity contribution in [3.8, 4) is 0 Å². The topological polar surface area (TPSA) is 56.7 Å². The van der Waals surface area contributed by atoms with Crippen molar-refractivity contribution in [3.63, 3.8) is 0 Å². The van der Waals surface area contributed by atoms with Crippen LogP contribution >= 0.6 is 0 Å². The van der Waals surface area contributed by atoms with Gasteiger partial charge >= 0.3 is 0 Å². The normalized spacial score (nSPS) is 9.89. The van der Waals surface area contributed by atoms with Crippen LogP contribution in [0.2, 0.25) is 0 Å². The fourth-order valence-electron chi connectivity index (χ4n) is 0.509. The van der Waals surface area contributed by atoms with Crippen molar-refractivity contribution in [2.24, 2.45) is 0 Å². The molecule has 0 atom stereocenters. The monoisotopic (exact) mass is 130 g/mol. The highest BCUT2D eigenvalue weighted by Gasteiger charge is 1.92. The molecule has 4 nitrogen and oxygen atoms in total. The van der Waals surface area contributed by atoms with E-state index in [2.05, 4.69) is 10.3 Å². The molecule has 2 N–H and O–H groups in total.